The molecule has 196 valence electrons. The zero-order valence-electron chi connectivity index (χ0n) is 23.8. The molecule has 3 heteroatoms. The number of hydrogen-bond acceptors (Lipinski definition) is 3. The van der Waals surface area contributed by atoms with Crippen LogP contribution in [0, 0.1) is 46.3 Å². The Morgan fingerprint density at radius 2 is 1.65 bits per heavy atom. The summed E-state index contributed by atoms with van der Waals surface area (Å²) in [5.41, 5.74) is 1.72. The van der Waals surface area contributed by atoms with E-state index >= 15 is 0 Å². The first-order valence-electron chi connectivity index (χ1n) is 14.5. The van der Waals surface area contributed by atoms with Crippen molar-refractivity contribution in [3.05, 3.63) is 11.6 Å². The normalized spacial score (nSPS) is 40.4. The highest BCUT2D eigenvalue weighted by Gasteiger charge is 2.63. The van der Waals surface area contributed by atoms with Crippen LogP contribution in [0.5, 0.6) is 0 Å². The number of allylic oxidation sites excluding steroid dienone is 2. The van der Waals surface area contributed by atoms with Crippen molar-refractivity contribution in [3.63, 3.8) is 0 Å². The number of esters is 1. The molecule has 0 aromatic rings. The van der Waals surface area contributed by atoms with Crippen LogP contribution in [0.25, 0.3) is 0 Å². The van der Waals surface area contributed by atoms with Gasteiger partial charge in [0.1, 0.15) is 0 Å². The number of carbonyl (C=O) groups is 2. The molecule has 0 amide bonds. The molecule has 0 aliphatic heterocycles. The highest BCUT2D eigenvalue weighted by Crippen LogP contribution is 2.68. The standard InChI is InChI=1S/C27H42O3.2C2H6/c1-6-18-20-9-7-8-15-26(20,3)22-14-16-27(4)19(17(2)10-13-23(28)30-5)11-12-21(27)24(22)25(18)29;2*1-2/h6,17,19-22,24H,7-16H2,1-5H3;2*1-2H3/b18-6+;;/t17-,19?,20?,21?,22?,24?,26?,27?;;/m1../s1. The van der Waals surface area contributed by atoms with Crippen LogP contribution >= 0.6 is 0 Å². The van der Waals surface area contributed by atoms with Crippen LogP contribution in [0.15, 0.2) is 11.6 Å². The van der Waals surface area contributed by atoms with Crippen LogP contribution < -0.4 is 0 Å². The second kappa shape index (κ2) is 12.2. The quantitative estimate of drug-likeness (QED) is 0.303. The first-order chi connectivity index (χ1) is 16.3. The van der Waals surface area contributed by atoms with Crippen molar-refractivity contribution in [2.24, 2.45) is 46.3 Å². The molecule has 4 aliphatic carbocycles. The average molecular weight is 475 g/mol. The summed E-state index contributed by atoms with van der Waals surface area (Å²) in [5.74, 6) is 3.34. The molecule has 0 N–H and O–H groups in total. The second-order valence-electron chi connectivity index (χ2n) is 11.5. The summed E-state index contributed by atoms with van der Waals surface area (Å²) in [5, 5.41) is 0. The molecule has 0 aromatic heterocycles. The number of carbonyl (C=O) groups excluding carboxylic acids is 2. The van der Waals surface area contributed by atoms with Crippen molar-refractivity contribution >= 4 is 11.8 Å². The summed E-state index contributed by atoms with van der Waals surface area (Å²) < 4.78 is 4.88. The molecule has 4 aliphatic rings. The Balaban J connectivity index is 0.000000970. The zero-order valence-corrected chi connectivity index (χ0v) is 23.8. The number of hydrogen-bond donors (Lipinski definition) is 0. The Labute approximate surface area is 210 Å². The van der Waals surface area contributed by atoms with Gasteiger partial charge >= 0.3 is 5.97 Å². The monoisotopic (exact) mass is 474 g/mol. The van der Waals surface area contributed by atoms with E-state index in [2.05, 4.69) is 33.8 Å². The van der Waals surface area contributed by atoms with Gasteiger partial charge in [0.2, 0.25) is 0 Å². The summed E-state index contributed by atoms with van der Waals surface area (Å²) in [4.78, 5) is 25.6. The van der Waals surface area contributed by atoms with E-state index in [1.54, 1.807) is 0 Å². The molecule has 0 heterocycles. The van der Waals surface area contributed by atoms with E-state index in [1.807, 2.05) is 27.7 Å². The number of ether oxygens (including phenoxy) is 1. The Kier molecular flexibility index (Phi) is 10.5. The minimum Gasteiger partial charge on any atom is -0.469 e. The predicted molar refractivity (Wildman–Crippen MR) is 142 cm³/mol. The molecule has 4 fully saturated rings. The molecule has 4 rings (SSSR count). The Bertz CT molecular complexity index is 724. The van der Waals surface area contributed by atoms with Crippen molar-refractivity contribution < 1.29 is 14.3 Å². The minimum atomic E-state index is -0.0956. The highest BCUT2D eigenvalue weighted by molar-refractivity contribution is 5.99. The van der Waals surface area contributed by atoms with Gasteiger partial charge < -0.3 is 4.74 Å². The fourth-order valence-electron chi connectivity index (χ4n) is 8.89. The van der Waals surface area contributed by atoms with Gasteiger partial charge in [-0.15, -0.1) is 0 Å². The van der Waals surface area contributed by atoms with Gasteiger partial charge in [-0.3, -0.25) is 9.59 Å². The van der Waals surface area contributed by atoms with E-state index in [1.165, 1.54) is 64.0 Å². The van der Waals surface area contributed by atoms with E-state index in [-0.39, 0.29) is 17.3 Å². The largest absolute Gasteiger partial charge is 0.469 e. The van der Waals surface area contributed by atoms with Crippen LogP contribution in [0.1, 0.15) is 120 Å². The van der Waals surface area contributed by atoms with E-state index in [0.29, 0.717) is 47.2 Å². The maximum Gasteiger partial charge on any atom is 0.305 e. The van der Waals surface area contributed by atoms with Gasteiger partial charge in [0.25, 0.3) is 0 Å². The van der Waals surface area contributed by atoms with Crippen molar-refractivity contribution in [2.75, 3.05) is 7.11 Å². The fraction of sp³-hybridized carbons (Fsp3) is 0.871. The lowest BCUT2D eigenvalue weighted by Crippen LogP contribution is -2.57. The van der Waals surface area contributed by atoms with Gasteiger partial charge in [-0.1, -0.05) is 67.4 Å². The van der Waals surface area contributed by atoms with Crippen molar-refractivity contribution in [1.82, 2.24) is 0 Å². The van der Waals surface area contributed by atoms with Crippen LogP contribution in [0.3, 0.4) is 0 Å². The lowest BCUT2D eigenvalue weighted by molar-refractivity contribution is -0.146. The van der Waals surface area contributed by atoms with E-state index in [9.17, 15) is 9.59 Å². The van der Waals surface area contributed by atoms with Gasteiger partial charge in [0.05, 0.1) is 7.11 Å². The molecule has 34 heavy (non-hydrogen) atoms. The predicted octanol–water partition coefficient (Wildman–Crippen LogP) is 8.41. The molecule has 3 nitrogen and oxygen atoms in total. The molecule has 7 unspecified atom stereocenters. The summed E-state index contributed by atoms with van der Waals surface area (Å²) in [6.45, 7) is 17.4. The lowest BCUT2D eigenvalue weighted by Gasteiger charge is -2.60. The molecule has 0 spiro atoms. The maximum atomic E-state index is 13.9. The van der Waals surface area contributed by atoms with E-state index in [4.69, 9.17) is 4.74 Å². The van der Waals surface area contributed by atoms with Crippen molar-refractivity contribution in [3.8, 4) is 0 Å². The molecule has 0 saturated heterocycles. The average Bonchev–Trinajstić information content (AvgIpc) is 3.22. The summed E-state index contributed by atoms with van der Waals surface area (Å²) in [6.07, 6.45) is 13.6. The number of ketones is 1. The fourth-order valence-corrected chi connectivity index (χ4v) is 8.89. The van der Waals surface area contributed by atoms with E-state index in [0.717, 1.165) is 6.42 Å². The van der Waals surface area contributed by atoms with Crippen molar-refractivity contribution in [2.45, 2.75) is 120 Å². The number of fused-ring (bicyclic) bond motifs is 5. The summed E-state index contributed by atoms with van der Waals surface area (Å²) in [7, 11) is 1.48. The van der Waals surface area contributed by atoms with Gasteiger partial charge in [-0.05, 0) is 97.9 Å². The smallest absolute Gasteiger partial charge is 0.305 e. The summed E-state index contributed by atoms with van der Waals surface area (Å²) >= 11 is 0. The molecule has 8 atom stereocenters. The SMILES string of the molecule is C/C=C1/C(=O)C2C(CCC3(C)C2CCC3[C@H](C)CCC(=O)OC)C2(C)CCCCC12.CC.CC. The van der Waals surface area contributed by atoms with Crippen LogP contribution in [-0.4, -0.2) is 18.9 Å². The number of Topliss-reactive ketones (excluding diaryl/α,β-unsaturated/α-hetero) is 1. The lowest BCUT2D eigenvalue weighted by atomic mass is 9.43. The third kappa shape index (κ3) is 4.92. The van der Waals surface area contributed by atoms with Crippen LogP contribution in [-0.2, 0) is 14.3 Å². The molecular weight excluding hydrogens is 420 g/mol. The van der Waals surface area contributed by atoms with Gasteiger partial charge in [-0.25, -0.2) is 0 Å². The molecule has 0 aromatic carbocycles. The minimum absolute atomic E-state index is 0.0956. The molecule has 0 bridgehead atoms. The third-order valence-corrected chi connectivity index (χ3v) is 10.4. The van der Waals surface area contributed by atoms with E-state index < -0.39 is 0 Å². The molecule has 0 radical (unpaired) electrons. The van der Waals surface area contributed by atoms with Gasteiger partial charge in [0.15, 0.2) is 5.78 Å². The second-order valence-corrected chi connectivity index (χ2v) is 11.5. The topological polar surface area (TPSA) is 43.4 Å². The summed E-state index contributed by atoms with van der Waals surface area (Å²) in [6, 6.07) is 0. The number of rotatable bonds is 4. The molecular formula is C31H54O3. The van der Waals surface area contributed by atoms with Crippen LogP contribution in [0.4, 0.5) is 0 Å². The Hall–Kier alpha value is -1.12. The Morgan fingerprint density at radius 1 is 1.00 bits per heavy atom. The highest BCUT2D eigenvalue weighted by atomic mass is 16.5. The first-order valence-corrected chi connectivity index (χ1v) is 14.5. The van der Waals surface area contributed by atoms with Gasteiger partial charge in [0, 0.05) is 12.3 Å². The first kappa shape index (κ1) is 29.1. The van der Waals surface area contributed by atoms with Crippen LogP contribution in [0.2, 0.25) is 0 Å². The zero-order chi connectivity index (χ0) is 25.7. The Morgan fingerprint density at radius 3 is 2.26 bits per heavy atom. The number of methoxy groups -OCH3 is 1. The third-order valence-electron chi connectivity index (χ3n) is 10.4. The maximum absolute atomic E-state index is 13.9. The van der Waals surface area contributed by atoms with Crippen molar-refractivity contribution in [1.29, 1.82) is 0 Å². The molecule has 4 saturated carbocycles. The van der Waals surface area contributed by atoms with Gasteiger partial charge in [-0.2, -0.15) is 0 Å².